The van der Waals surface area contributed by atoms with Crippen LogP contribution in [0.3, 0.4) is 0 Å². The first-order valence-corrected chi connectivity index (χ1v) is 5.99. The van der Waals surface area contributed by atoms with Crippen LogP contribution < -0.4 is 5.73 Å². The highest BCUT2D eigenvalue weighted by Crippen LogP contribution is 2.39. The molecular formula is C12H8ClFN2S. The molecule has 0 saturated heterocycles. The van der Waals surface area contributed by atoms with E-state index in [1.807, 2.05) is 6.07 Å². The van der Waals surface area contributed by atoms with Crippen LogP contribution >= 0.6 is 22.9 Å². The Morgan fingerprint density at radius 1 is 1.47 bits per heavy atom. The van der Waals surface area contributed by atoms with Gasteiger partial charge in [0.05, 0.1) is 10.7 Å². The van der Waals surface area contributed by atoms with Crippen molar-refractivity contribution in [3.63, 3.8) is 0 Å². The van der Waals surface area contributed by atoms with E-state index in [-0.39, 0.29) is 5.02 Å². The Kier molecular flexibility index (Phi) is 3.05. The van der Waals surface area contributed by atoms with Gasteiger partial charge in [0.25, 0.3) is 0 Å². The Balaban J connectivity index is 2.70. The van der Waals surface area contributed by atoms with Crippen LogP contribution in [0.15, 0.2) is 18.2 Å². The van der Waals surface area contributed by atoms with Crippen molar-refractivity contribution in [2.24, 2.45) is 0 Å². The van der Waals surface area contributed by atoms with Gasteiger partial charge >= 0.3 is 0 Å². The number of nitriles is 1. The fourth-order valence-corrected chi connectivity index (χ4v) is 2.76. The zero-order valence-electron chi connectivity index (χ0n) is 8.92. The van der Waals surface area contributed by atoms with Crippen LogP contribution in [0.2, 0.25) is 5.02 Å². The summed E-state index contributed by atoms with van der Waals surface area (Å²) in [5.74, 6) is -0.483. The molecule has 0 spiro atoms. The van der Waals surface area contributed by atoms with Crippen molar-refractivity contribution in [2.75, 3.05) is 5.73 Å². The highest BCUT2D eigenvalue weighted by molar-refractivity contribution is 7.16. The number of nitrogens with zero attached hydrogens (tertiary/aromatic N) is 1. The maximum Gasteiger partial charge on any atom is 0.150 e. The molecule has 0 unspecified atom stereocenters. The predicted molar refractivity (Wildman–Crippen MR) is 68.6 cm³/mol. The Hall–Kier alpha value is -1.57. The second kappa shape index (κ2) is 4.36. The molecule has 2 rings (SSSR count). The van der Waals surface area contributed by atoms with Crippen molar-refractivity contribution in [3.8, 4) is 16.5 Å². The largest absolute Gasteiger partial charge is 0.397 e. The number of hydrogen-bond donors (Lipinski definition) is 1. The lowest BCUT2D eigenvalue weighted by Gasteiger charge is -2.03. The van der Waals surface area contributed by atoms with Gasteiger partial charge < -0.3 is 5.73 Å². The molecule has 2 N–H and O–H groups in total. The summed E-state index contributed by atoms with van der Waals surface area (Å²) in [6.45, 7) is 1.77. The highest BCUT2D eigenvalue weighted by atomic mass is 35.5. The molecule has 86 valence electrons. The molecule has 2 nitrogen and oxygen atoms in total. The maximum atomic E-state index is 13.9. The summed E-state index contributed by atoms with van der Waals surface area (Å²) in [6.07, 6.45) is 0. The normalized spacial score (nSPS) is 10.2. The molecule has 2 aromatic rings. The molecule has 5 heteroatoms. The molecule has 1 aromatic carbocycles. The highest BCUT2D eigenvalue weighted by Gasteiger charge is 2.17. The van der Waals surface area contributed by atoms with E-state index >= 15 is 0 Å². The standard InChI is InChI=1S/C12H8ClFN2S/c1-6-11(16)9(5-15)17-12(6)7-3-2-4-8(13)10(7)14/h2-4H,16H2,1H3. The van der Waals surface area contributed by atoms with Crippen molar-refractivity contribution in [2.45, 2.75) is 6.92 Å². The molecule has 1 aromatic heterocycles. The van der Waals surface area contributed by atoms with Gasteiger partial charge in [0.1, 0.15) is 16.8 Å². The second-order valence-corrected chi connectivity index (χ2v) is 4.94. The van der Waals surface area contributed by atoms with E-state index in [0.29, 0.717) is 26.6 Å². The second-order valence-electron chi connectivity index (χ2n) is 3.51. The number of thiophene rings is 1. The van der Waals surface area contributed by atoms with Gasteiger partial charge in [-0.3, -0.25) is 0 Å². The average Bonchev–Trinajstić information content (AvgIpc) is 2.60. The van der Waals surface area contributed by atoms with Gasteiger partial charge in [-0.25, -0.2) is 4.39 Å². The molecule has 0 amide bonds. The minimum atomic E-state index is -0.483. The quantitative estimate of drug-likeness (QED) is 0.849. The fraction of sp³-hybridized carbons (Fsp3) is 0.0833. The number of nitrogens with two attached hydrogens (primary N) is 1. The number of halogens is 2. The lowest BCUT2D eigenvalue weighted by atomic mass is 10.1. The van der Waals surface area contributed by atoms with E-state index in [1.54, 1.807) is 19.1 Å². The molecule has 0 atom stereocenters. The summed E-state index contributed by atoms with van der Waals surface area (Å²) in [7, 11) is 0. The molecule has 0 bridgehead atoms. The van der Waals surface area contributed by atoms with Gasteiger partial charge in [-0.1, -0.05) is 23.7 Å². The third-order valence-corrected chi connectivity index (χ3v) is 4.03. The Bertz CT molecular complexity index is 628. The van der Waals surface area contributed by atoms with Crippen LogP contribution in [0.4, 0.5) is 10.1 Å². The molecule has 17 heavy (non-hydrogen) atoms. The third kappa shape index (κ3) is 1.88. The zero-order valence-corrected chi connectivity index (χ0v) is 10.5. The molecule has 0 aliphatic carbocycles. The molecular weight excluding hydrogens is 259 g/mol. The van der Waals surface area contributed by atoms with E-state index in [4.69, 9.17) is 22.6 Å². The molecule has 0 aliphatic rings. The lowest BCUT2D eigenvalue weighted by molar-refractivity contribution is 0.632. The first kappa shape index (κ1) is 11.9. The number of anilines is 1. The Labute approximate surface area is 107 Å². The van der Waals surface area contributed by atoms with Gasteiger partial charge in [0.2, 0.25) is 0 Å². The first-order valence-electron chi connectivity index (χ1n) is 4.79. The predicted octanol–water partition coefficient (Wildman–Crippen LogP) is 3.97. The summed E-state index contributed by atoms with van der Waals surface area (Å²) in [5, 5.41) is 8.95. The SMILES string of the molecule is Cc1c(-c2cccc(Cl)c2F)sc(C#N)c1N. The number of benzene rings is 1. The number of nitrogen functional groups attached to an aromatic ring is 1. The first-order chi connectivity index (χ1) is 8.06. The number of hydrogen-bond acceptors (Lipinski definition) is 3. The van der Waals surface area contributed by atoms with Crippen LogP contribution in [0.25, 0.3) is 10.4 Å². The summed E-state index contributed by atoms with van der Waals surface area (Å²) < 4.78 is 13.9. The third-order valence-electron chi connectivity index (χ3n) is 2.49. The molecule has 0 aliphatic heterocycles. The van der Waals surface area contributed by atoms with Crippen LogP contribution in [0, 0.1) is 24.1 Å². The van der Waals surface area contributed by atoms with E-state index in [0.717, 1.165) is 0 Å². The van der Waals surface area contributed by atoms with Crippen LogP contribution in [0.1, 0.15) is 10.4 Å². The van der Waals surface area contributed by atoms with Gasteiger partial charge in [-0.05, 0) is 18.6 Å². The Morgan fingerprint density at radius 3 is 2.76 bits per heavy atom. The minimum Gasteiger partial charge on any atom is -0.397 e. The van der Waals surface area contributed by atoms with Gasteiger partial charge in [-0.2, -0.15) is 5.26 Å². The zero-order chi connectivity index (χ0) is 12.6. The molecule has 0 radical (unpaired) electrons. The monoisotopic (exact) mass is 266 g/mol. The number of rotatable bonds is 1. The fourth-order valence-electron chi connectivity index (χ4n) is 1.55. The molecule has 0 saturated carbocycles. The molecule has 0 fully saturated rings. The summed E-state index contributed by atoms with van der Waals surface area (Å²) >= 11 is 6.91. The van der Waals surface area contributed by atoms with E-state index in [9.17, 15) is 4.39 Å². The lowest BCUT2D eigenvalue weighted by Crippen LogP contribution is -1.89. The van der Waals surface area contributed by atoms with E-state index in [2.05, 4.69) is 0 Å². The van der Waals surface area contributed by atoms with Crippen molar-refractivity contribution >= 4 is 28.6 Å². The van der Waals surface area contributed by atoms with Gasteiger partial charge in [0.15, 0.2) is 0 Å². The smallest absolute Gasteiger partial charge is 0.150 e. The topological polar surface area (TPSA) is 49.8 Å². The van der Waals surface area contributed by atoms with Crippen LogP contribution in [-0.2, 0) is 0 Å². The maximum absolute atomic E-state index is 13.9. The summed E-state index contributed by atoms with van der Waals surface area (Å²) in [5.41, 5.74) is 7.28. The summed E-state index contributed by atoms with van der Waals surface area (Å²) in [4.78, 5) is 1.05. The van der Waals surface area contributed by atoms with E-state index < -0.39 is 5.82 Å². The van der Waals surface area contributed by atoms with Gasteiger partial charge in [-0.15, -0.1) is 11.3 Å². The minimum absolute atomic E-state index is 0.0624. The van der Waals surface area contributed by atoms with Crippen molar-refractivity contribution in [1.29, 1.82) is 5.26 Å². The van der Waals surface area contributed by atoms with Crippen LogP contribution in [-0.4, -0.2) is 0 Å². The molecule has 1 heterocycles. The van der Waals surface area contributed by atoms with E-state index in [1.165, 1.54) is 17.4 Å². The van der Waals surface area contributed by atoms with Gasteiger partial charge in [0, 0.05) is 10.4 Å². The van der Waals surface area contributed by atoms with Crippen LogP contribution in [0.5, 0.6) is 0 Å². The van der Waals surface area contributed by atoms with Crippen molar-refractivity contribution in [1.82, 2.24) is 0 Å². The van der Waals surface area contributed by atoms with Crippen molar-refractivity contribution < 1.29 is 4.39 Å². The summed E-state index contributed by atoms with van der Waals surface area (Å²) in [6, 6.07) is 6.78. The van der Waals surface area contributed by atoms with Crippen molar-refractivity contribution in [3.05, 3.63) is 39.5 Å². The average molecular weight is 267 g/mol. The Morgan fingerprint density at radius 2 is 2.18 bits per heavy atom.